The standard InChI is InChI=1S/C9H14N4O/c1-7(14)13-9-3-2-8(6-12-9)11-5-4-10/h2-3,6,11H,4-5,10H2,1H3,(H,12,13,14). The first-order valence-electron chi connectivity index (χ1n) is 4.40. The molecule has 0 atom stereocenters. The van der Waals surface area contributed by atoms with Crippen LogP contribution in [-0.2, 0) is 4.79 Å². The molecule has 0 aromatic carbocycles. The lowest BCUT2D eigenvalue weighted by atomic mass is 10.4. The smallest absolute Gasteiger partial charge is 0.222 e. The highest BCUT2D eigenvalue weighted by molar-refractivity contribution is 5.87. The number of rotatable bonds is 4. The van der Waals surface area contributed by atoms with Gasteiger partial charge in [-0.3, -0.25) is 4.79 Å². The number of aromatic nitrogens is 1. The fourth-order valence-corrected chi connectivity index (χ4v) is 0.969. The predicted molar refractivity (Wildman–Crippen MR) is 56.1 cm³/mol. The summed E-state index contributed by atoms with van der Waals surface area (Å²) >= 11 is 0. The number of nitrogens with two attached hydrogens (primary N) is 1. The molecule has 0 radical (unpaired) electrons. The molecule has 1 aromatic rings. The molecule has 76 valence electrons. The van der Waals surface area contributed by atoms with E-state index in [1.165, 1.54) is 6.92 Å². The third-order valence-corrected chi connectivity index (χ3v) is 1.54. The van der Waals surface area contributed by atoms with E-state index in [-0.39, 0.29) is 5.91 Å². The minimum absolute atomic E-state index is 0.125. The summed E-state index contributed by atoms with van der Waals surface area (Å²) < 4.78 is 0. The quantitative estimate of drug-likeness (QED) is 0.648. The van der Waals surface area contributed by atoms with E-state index in [1.807, 2.05) is 6.07 Å². The first-order chi connectivity index (χ1) is 6.72. The molecule has 0 unspecified atom stereocenters. The van der Waals surface area contributed by atoms with Gasteiger partial charge in [-0.1, -0.05) is 0 Å². The molecule has 4 N–H and O–H groups in total. The molecule has 1 heterocycles. The molecule has 0 fully saturated rings. The first kappa shape index (κ1) is 10.5. The maximum atomic E-state index is 10.7. The molecule has 1 aromatic heterocycles. The molecule has 0 aliphatic rings. The van der Waals surface area contributed by atoms with Gasteiger partial charge in [0.2, 0.25) is 5.91 Å². The highest BCUT2D eigenvalue weighted by Gasteiger charge is 1.96. The number of hydrogen-bond donors (Lipinski definition) is 3. The van der Waals surface area contributed by atoms with Crippen LogP contribution in [0.5, 0.6) is 0 Å². The van der Waals surface area contributed by atoms with Crippen LogP contribution < -0.4 is 16.4 Å². The van der Waals surface area contributed by atoms with Crippen molar-refractivity contribution in [2.75, 3.05) is 23.7 Å². The van der Waals surface area contributed by atoms with E-state index in [4.69, 9.17) is 5.73 Å². The highest BCUT2D eigenvalue weighted by atomic mass is 16.1. The summed E-state index contributed by atoms with van der Waals surface area (Å²) in [5, 5.41) is 5.66. The van der Waals surface area contributed by atoms with Gasteiger partial charge in [0.1, 0.15) is 5.82 Å². The number of nitrogens with zero attached hydrogens (tertiary/aromatic N) is 1. The molecule has 0 saturated carbocycles. The zero-order chi connectivity index (χ0) is 10.4. The van der Waals surface area contributed by atoms with Crippen LogP contribution in [0.15, 0.2) is 18.3 Å². The van der Waals surface area contributed by atoms with E-state index in [2.05, 4.69) is 15.6 Å². The van der Waals surface area contributed by atoms with Crippen molar-refractivity contribution in [3.05, 3.63) is 18.3 Å². The Morgan fingerprint density at radius 3 is 2.86 bits per heavy atom. The lowest BCUT2D eigenvalue weighted by Gasteiger charge is -2.05. The second-order valence-corrected chi connectivity index (χ2v) is 2.83. The number of carbonyl (C=O) groups excluding carboxylic acids is 1. The molecule has 5 heteroatoms. The summed E-state index contributed by atoms with van der Waals surface area (Å²) in [6.45, 7) is 2.73. The Labute approximate surface area is 82.7 Å². The van der Waals surface area contributed by atoms with Gasteiger partial charge >= 0.3 is 0 Å². The highest BCUT2D eigenvalue weighted by Crippen LogP contribution is 2.08. The number of carbonyl (C=O) groups is 1. The van der Waals surface area contributed by atoms with E-state index < -0.39 is 0 Å². The van der Waals surface area contributed by atoms with Gasteiger partial charge in [0.05, 0.1) is 11.9 Å². The van der Waals surface area contributed by atoms with Gasteiger partial charge in [-0.25, -0.2) is 4.98 Å². The summed E-state index contributed by atoms with van der Waals surface area (Å²) in [6, 6.07) is 3.58. The lowest BCUT2D eigenvalue weighted by molar-refractivity contribution is -0.114. The van der Waals surface area contributed by atoms with E-state index in [1.54, 1.807) is 12.3 Å². The summed E-state index contributed by atoms with van der Waals surface area (Å²) in [7, 11) is 0. The molecule has 1 amide bonds. The molecule has 0 aliphatic heterocycles. The van der Waals surface area contributed by atoms with E-state index in [0.717, 1.165) is 5.69 Å². The fourth-order valence-electron chi connectivity index (χ4n) is 0.969. The summed E-state index contributed by atoms with van der Waals surface area (Å²) in [5.74, 6) is 0.427. The largest absolute Gasteiger partial charge is 0.383 e. The monoisotopic (exact) mass is 194 g/mol. The number of amides is 1. The average molecular weight is 194 g/mol. The third kappa shape index (κ3) is 3.40. The van der Waals surface area contributed by atoms with Crippen molar-refractivity contribution >= 4 is 17.4 Å². The second-order valence-electron chi connectivity index (χ2n) is 2.83. The SMILES string of the molecule is CC(=O)Nc1ccc(NCCN)cn1. The van der Waals surface area contributed by atoms with Crippen molar-refractivity contribution < 1.29 is 4.79 Å². The van der Waals surface area contributed by atoms with Gasteiger partial charge in [-0.15, -0.1) is 0 Å². The van der Waals surface area contributed by atoms with Crippen LogP contribution in [0.1, 0.15) is 6.92 Å². The molecule has 0 aliphatic carbocycles. The van der Waals surface area contributed by atoms with Crippen molar-refractivity contribution in [1.29, 1.82) is 0 Å². The lowest BCUT2D eigenvalue weighted by Crippen LogP contribution is -2.13. The molecule has 5 nitrogen and oxygen atoms in total. The molecular weight excluding hydrogens is 180 g/mol. The normalized spacial score (nSPS) is 9.57. The zero-order valence-electron chi connectivity index (χ0n) is 8.08. The zero-order valence-corrected chi connectivity index (χ0v) is 8.08. The number of anilines is 2. The Bertz CT molecular complexity index is 296. The molecule has 1 rings (SSSR count). The Hall–Kier alpha value is -1.62. The van der Waals surface area contributed by atoms with Crippen LogP contribution in [0.3, 0.4) is 0 Å². The number of pyridine rings is 1. The summed E-state index contributed by atoms with van der Waals surface area (Å²) in [6.07, 6.45) is 1.65. The molecular formula is C9H14N4O. The number of nitrogens with one attached hydrogen (secondary N) is 2. The third-order valence-electron chi connectivity index (χ3n) is 1.54. The van der Waals surface area contributed by atoms with Gasteiger partial charge in [-0.05, 0) is 12.1 Å². The van der Waals surface area contributed by atoms with Crippen LogP contribution in [0, 0.1) is 0 Å². The maximum Gasteiger partial charge on any atom is 0.222 e. The van der Waals surface area contributed by atoms with Crippen LogP contribution in [-0.4, -0.2) is 24.0 Å². The first-order valence-corrected chi connectivity index (χ1v) is 4.40. The van der Waals surface area contributed by atoms with Gasteiger partial charge in [0, 0.05) is 20.0 Å². The minimum atomic E-state index is -0.125. The molecule has 0 saturated heterocycles. The van der Waals surface area contributed by atoms with Gasteiger partial charge in [0.15, 0.2) is 0 Å². The predicted octanol–water partition coefficient (Wildman–Crippen LogP) is 0.411. The van der Waals surface area contributed by atoms with Gasteiger partial charge in [-0.2, -0.15) is 0 Å². The van der Waals surface area contributed by atoms with E-state index in [0.29, 0.717) is 18.9 Å². The Kier molecular flexibility index (Phi) is 3.87. The Morgan fingerprint density at radius 1 is 1.57 bits per heavy atom. The average Bonchev–Trinajstić information content (AvgIpc) is 2.16. The second kappa shape index (κ2) is 5.18. The molecule has 0 bridgehead atoms. The maximum absolute atomic E-state index is 10.7. The van der Waals surface area contributed by atoms with Crippen LogP contribution in [0.4, 0.5) is 11.5 Å². The van der Waals surface area contributed by atoms with Crippen molar-refractivity contribution in [3.63, 3.8) is 0 Å². The van der Waals surface area contributed by atoms with Crippen molar-refractivity contribution in [1.82, 2.24) is 4.98 Å². The Morgan fingerprint density at radius 2 is 2.36 bits per heavy atom. The van der Waals surface area contributed by atoms with Crippen molar-refractivity contribution in [3.8, 4) is 0 Å². The number of hydrogen-bond acceptors (Lipinski definition) is 4. The van der Waals surface area contributed by atoms with Gasteiger partial charge < -0.3 is 16.4 Å². The van der Waals surface area contributed by atoms with Crippen LogP contribution in [0.25, 0.3) is 0 Å². The van der Waals surface area contributed by atoms with E-state index >= 15 is 0 Å². The Balaban J connectivity index is 2.54. The van der Waals surface area contributed by atoms with Crippen molar-refractivity contribution in [2.45, 2.75) is 6.92 Å². The summed E-state index contributed by atoms with van der Waals surface area (Å²) in [4.78, 5) is 14.7. The topological polar surface area (TPSA) is 80.0 Å². The minimum Gasteiger partial charge on any atom is -0.383 e. The molecule has 0 spiro atoms. The fraction of sp³-hybridized carbons (Fsp3) is 0.333. The summed E-state index contributed by atoms with van der Waals surface area (Å²) in [5.41, 5.74) is 6.23. The van der Waals surface area contributed by atoms with Crippen LogP contribution in [0.2, 0.25) is 0 Å². The van der Waals surface area contributed by atoms with Gasteiger partial charge in [0.25, 0.3) is 0 Å². The van der Waals surface area contributed by atoms with Crippen molar-refractivity contribution in [2.24, 2.45) is 5.73 Å². The van der Waals surface area contributed by atoms with E-state index in [9.17, 15) is 4.79 Å². The molecule has 14 heavy (non-hydrogen) atoms. The van der Waals surface area contributed by atoms with Crippen LogP contribution >= 0.6 is 0 Å².